The summed E-state index contributed by atoms with van der Waals surface area (Å²) in [5.74, 6) is -13.7. The van der Waals surface area contributed by atoms with E-state index >= 15 is 4.79 Å². The average molecular weight is 1450 g/mol. The number of carbonyl (C=O) groups excluding carboxylic acids is 11. The monoisotopic (exact) mass is 1450 g/mol. The molecule has 0 saturated carbocycles. The minimum Gasteiger partial charge on any atom is -0.508 e. The lowest BCUT2D eigenvalue weighted by Crippen LogP contribution is -2.61. The highest BCUT2D eigenvalue weighted by molar-refractivity contribution is 6.00. The molecule has 26 N–H and O–H groups in total. The number of hydrogen-bond donors (Lipinski definition) is 19. The lowest BCUT2D eigenvalue weighted by Gasteiger charge is -2.32. The van der Waals surface area contributed by atoms with Crippen LogP contribution in [0, 0.1) is 11.8 Å². The van der Waals surface area contributed by atoms with Gasteiger partial charge in [-0.25, -0.2) is 4.79 Å². The van der Waals surface area contributed by atoms with Gasteiger partial charge in [-0.1, -0.05) is 58.4 Å². The predicted octanol–water partition coefficient (Wildman–Crippen LogP) is -3.78. The normalized spacial score (nSPS) is 17.0. The molecule has 2 aromatic rings. The number of hydrogen-bond acceptors (Lipinski definition) is 19. The third-order valence-corrected chi connectivity index (χ3v) is 17.5. The maximum absolute atomic E-state index is 15.0. The molecule has 2 saturated heterocycles. The van der Waals surface area contributed by atoms with Crippen LogP contribution in [-0.2, 0) is 75.2 Å². The molecule has 0 unspecified atom stereocenters. The Labute approximate surface area is 597 Å². The number of aliphatic imine (C=N–C) groups is 2. The Bertz CT molecular complexity index is 3300. The molecule has 4 rings (SSSR count). The number of nitrogens with one attached hydrogen (secondary N) is 8. The highest BCUT2D eigenvalue weighted by Gasteiger charge is 2.43. The summed E-state index contributed by atoms with van der Waals surface area (Å²) >= 11 is 0. The van der Waals surface area contributed by atoms with Gasteiger partial charge in [-0.05, 0) is 144 Å². The van der Waals surface area contributed by atoms with E-state index in [4.69, 9.17) is 40.1 Å². The Morgan fingerprint density at radius 3 is 1.40 bits per heavy atom. The number of carboxylic acids is 2. The van der Waals surface area contributed by atoms with Gasteiger partial charge in [-0.2, -0.15) is 0 Å². The van der Waals surface area contributed by atoms with E-state index < -0.39 is 169 Å². The van der Waals surface area contributed by atoms with Crippen LogP contribution in [0.5, 0.6) is 11.5 Å². The van der Waals surface area contributed by atoms with E-state index in [1.165, 1.54) is 58.3 Å². The number of aliphatic carboxylic acids is 2. The van der Waals surface area contributed by atoms with Crippen molar-refractivity contribution in [3.63, 3.8) is 0 Å². The summed E-state index contributed by atoms with van der Waals surface area (Å²) in [7, 11) is 0. The number of nitrogens with zero attached hydrogens (tertiary/aromatic N) is 4. The third-order valence-electron chi connectivity index (χ3n) is 17.5. The van der Waals surface area contributed by atoms with Gasteiger partial charge in [0.25, 0.3) is 0 Å². The van der Waals surface area contributed by atoms with E-state index in [0.717, 1.165) is 0 Å². The lowest BCUT2D eigenvalue weighted by atomic mass is 9.96. The first-order valence-electron chi connectivity index (χ1n) is 34.6. The molecular formula is C67H105N19O17. The number of guanidine groups is 2. The smallest absolute Gasteiger partial charge is 0.326 e. The number of rotatable bonds is 44. The fourth-order valence-electron chi connectivity index (χ4n) is 11.8. The number of primary amides is 1. The summed E-state index contributed by atoms with van der Waals surface area (Å²) in [5.41, 5.74) is 41.0. The molecule has 2 heterocycles. The first-order chi connectivity index (χ1) is 48.7. The summed E-state index contributed by atoms with van der Waals surface area (Å²) in [4.78, 5) is 191. The SMILES string of the molecule is CC[C@H](C)[C@H](NC(=O)[C@H](Cc1ccc(O)cc1)NC(=O)[C@@H]1CCCN1C(=O)[C@H](CCCN=C(N)N)NC(=O)[C@H](CCCN=C(N)N)NC(=O)[C@@H]1CCCN1C(=O)[C@H](CCCCN)NC(=O)[C@H](CC(N)=O)NC(=O)[C@H](CCC(=O)O)NC(=O)[C@@H](N)Cc1ccc(O)cc1)C(=O)N[C@@H](CC(C)C)C(=O)O. The molecule has 570 valence electrons. The van der Waals surface area contributed by atoms with Crippen molar-refractivity contribution in [1.82, 2.24) is 52.3 Å². The molecular weight excluding hydrogens is 1340 g/mol. The molecule has 2 aliphatic heterocycles. The van der Waals surface area contributed by atoms with Crippen LogP contribution in [0.25, 0.3) is 0 Å². The lowest BCUT2D eigenvalue weighted by molar-refractivity contribution is -0.144. The highest BCUT2D eigenvalue weighted by Crippen LogP contribution is 2.24. The number of phenolic OH excluding ortho intramolecular Hbond substituents is 2. The van der Waals surface area contributed by atoms with Gasteiger partial charge in [0.2, 0.25) is 65.0 Å². The van der Waals surface area contributed by atoms with Gasteiger partial charge < -0.3 is 113 Å². The molecule has 11 amide bonds. The fraction of sp³-hybridized carbons (Fsp3) is 0.597. The van der Waals surface area contributed by atoms with E-state index in [9.17, 15) is 78.0 Å². The van der Waals surface area contributed by atoms with E-state index in [0.29, 0.717) is 24.0 Å². The van der Waals surface area contributed by atoms with Crippen molar-refractivity contribution < 1.29 is 82.8 Å². The molecule has 2 aliphatic rings. The van der Waals surface area contributed by atoms with Crippen LogP contribution in [0.3, 0.4) is 0 Å². The van der Waals surface area contributed by atoms with Gasteiger partial charge >= 0.3 is 11.9 Å². The summed E-state index contributed by atoms with van der Waals surface area (Å²) in [5, 5.41) is 60.0. The number of unbranched alkanes of at least 4 members (excludes halogenated alkanes) is 1. The Morgan fingerprint density at radius 1 is 0.515 bits per heavy atom. The standard InChI is InChI=1S/C67H105N19O17/c1-5-37(4)54(62(99)83-49(65(102)103)32-36(2)3)84-59(96)47(34-39-19-23-41(88)24-20-39)82-61(98)51-16-11-31-86(51)64(101)46(14-9-29-76-67(73)74)79-56(93)43(13-8-28-75-66(71)72)78-60(97)50-15-10-30-85(50)63(100)45(12-6-7-27-68)80-58(95)48(35-52(70)89)81-57(94)44(25-26-53(90)91)77-55(92)42(69)33-38-17-21-40(87)22-18-38/h17-24,36-37,42-51,54,87-88H,5-16,25-35,68-69H2,1-4H3,(H2,70,89)(H,77,92)(H,78,97)(H,79,93)(H,80,95)(H,81,94)(H,82,98)(H,83,99)(H,84,96)(H,90,91)(H,102,103)(H4,71,72,75)(H4,73,74,76)/t37-,42-,43-,44-,45-,46-,47-,48-,49-,50-,51-,54-/m0/s1. The van der Waals surface area contributed by atoms with Crippen molar-refractivity contribution >= 4 is 88.8 Å². The van der Waals surface area contributed by atoms with E-state index in [-0.39, 0.29) is 146 Å². The van der Waals surface area contributed by atoms with Crippen LogP contribution in [0.2, 0.25) is 0 Å². The minimum absolute atomic E-state index is 0.00337. The summed E-state index contributed by atoms with van der Waals surface area (Å²) in [6, 6.07) is -3.96. The van der Waals surface area contributed by atoms with E-state index in [1.807, 2.05) is 0 Å². The first kappa shape index (κ1) is 85.0. The Morgan fingerprint density at radius 2 is 0.942 bits per heavy atom. The number of likely N-dealkylation sites (tertiary alicyclic amines) is 2. The van der Waals surface area contributed by atoms with Gasteiger partial charge in [-0.15, -0.1) is 0 Å². The summed E-state index contributed by atoms with van der Waals surface area (Å²) < 4.78 is 0. The number of carbonyl (C=O) groups is 13. The van der Waals surface area contributed by atoms with Crippen LogP contribution >= 0.6 is 0 Å². The molecule has 0 bridgehead atoms. The van der Waals surface area contributed by atoms with Crippen molar-refractivity contribution in [2.45, 2.75) is 210 Å². The number of aromatic hydroxyl groups is 2. The zero-order chi connectivity index (χ0) is 76.6. The molecule has 2 aromatic carbocycles. The summed E-state index contributed by atoms with van der Waals surface area (Å²) in [6.07, 6.45) is -0.691. The number of carboxylic acid groups (broad SMARTS) is 2. The molecule has 0 aliphatic carbocycles. The Balaban J connectivity index is 1.63. The number of nitrogens with two attached hydrogens (primary N) is 7. The second-order valence-corrected chi connectivity index (χ2v) is 26.3. The second-order valence-electron chi connectivity index (χ2n) is 26.3. The molecule has 2 fully saturated rings. The molecule has 0 radical (unpaired) electrons. The first-order valence-corrected chi connectivity index (χ1v) is 34.6. The molecule has 0 aromatic heterocycles. The van der Waals surface area contributed by atoms with Gasteiger partial charge in [-0.3, -0.25) is 67.5 Å². The molecule has 36 nitrogen and oxygen atoms in total. The van der Waals surface area contributed by atoms with Gasteiger partial charge in [0, 0.05) is 39.0 Å². The van der Waals surface area contributed by atoms with E-state index in [2.05, 4.69) is 52.5 Å². The predicted molar refractivity (Wildman–Crippen MR) is 376 cm³/mol. The van der Waals surface area contributed by atoms with Crippen LogP contribution in [0.1, 0.15) is 142 Å². The van der Waals surface area contributed by atoms with Gasteiger partial charge in [0.15, 0.2) is 11.9 Å². The topological polar surface area (TPSA) is 612 Å². The maximum Gasteiger partial charge on any atom is 0.326 e. The quantitative estimate of drug-likeness (QED) is 0.0172. The van der Waals surface area contributed by atoms with Crippen molar-refractivity contribution in [3.8, 4) is 11.5 Å². The second kappa shape index (κ2) is 42.8. The van der Waals surface area contributed by atoms with Crippen molar-refractivity contribution in [3.05, 3.63) is 59.7 Å². The fourth-order valence-corrected chi connectivity index (χ4v) is 11.8. The number of phenols is 2. The zero-order valence-corrected chi connectivity index (χ0v) is 58.8. The van der Waals surface area contributed by atoms with Crippen LogP contribution in [-0.4, -0.2) is 218 Å². The molecule has 12 atom stereocenters. The van der Waals surface area contributed by atoms with Crippen LogP contribution in [0.15, 0.2) is 58.5 Å². The summed E-state index contributed by atoms with van der Waals surface area (Å²) in [6.45, 7) is 7.12. The Hall–Kier alpha value is -10.4. The average Bonchev–Trinajstić information content (AvgIpc) is 1.75. The van der Waals surface area contributed by atoms with E-state index in [1.54, 1.807) is 27.7 Å². The van der Waals surface area contributed by atoms with Gasteiger partial charge in [0.05, 0.1) is 12.5 Å². The van der Waals surface area contributed by atoms with Crippen molar-refractivity contribution in [2.75, 3.05) is 32.7 Å². The molecule has 36 heteroatoms. The zero-order valence-electron chi connectivity index (χ0n) is 58.8. The largest absolute Gasteiger partial charge is 0.508 e. The van der Waals surface area contributed by atoms with Gasteiger partial charge in [0.1, 0.15) is 71.9 Å². The number of amides is 11. The number of benzene rings is 2. The van der Waals surface area contributed by atoms with Crippen molar-refractivity contribution in [1.29, 1.82) is 0 Å². The molecule has 103 heavy (non-hydrogen) atoms. The van der Waals surface area contributed by atoms with Crippen LogP contribution < -0.4 is 82.7 Å². The van der Waals surface area contributed by atoms with Crippen molar-refractivity contribution in [2.24, 2.45) is 62.0 Å². The maximum atomic E-state index is 15.0. The minimum atomic E-state index is -1.81. The van der Waals surface area contributed by atoms with Crippen LogP contribution in [0.4, 0.5) is 0 Å². The Kier molecular flexibility index (Phi) is 35.3. The highest BCUT2D eigenvalue weighted by atomic mass is 16.4. The third kappa shape index (κ3) is 28.9. The molecule has 0 spiro atoms.